The first kappa shape index (κ1) is 22.7. The van der Waals surface area contributed by atoms with Gasteiger partial charge < -0.3 is 10.2 Å². The number of benzene rings is 1. The molecule has 5 rings (SSSR count). The highest BCUT2D eigenvalue weighted by Crippen LogP contribution is 2.22. The number of hydrogen-bond acceptors (Lipinski definition) is 6. The summed E-state index contributed by atoms with van der Waals surface area (Å²) in [4.78, 5) is 24.0. The van der Waals surface area contributed by atoms with Gasteiger partial charge >= 0.3 is 0 Å². The van der Waals surface area contributed by atoms with Crippen molar-refractivity contribution in [2.24, 2.45) is 0 Å². The van der Waals surface area contributed by atoms with Crippen LogP contribution in [0.25, 0.3) is 11.0 Å². The first-order chi connectivity index (χ1) is 16.6. The Hall–Kier alpha value is -3.07. The third-order valence-corrected chi connectivity index (χ3v) is 7.26. The summed E-state index contributed by atoms with van der Waals surface area (Å²) < 4.78 is 1.86. The van der Waals surface area contributed by atoms with E-state index in [0.717, 1.165) is 61.7 Å². The third-order valence-electron chi connectivity index (χ3n) is 6.40. The lowest BCUT2D eigenvalue weighted by Crippen LogP contribution is -2.45. The molecule has 1 fully saturated rings. The van der Waals surface area contributed by atoms with Crippen LogP contribution in [0.3, 0.4) is 0 Å². The minimum atomic E-state index is -0.144. The monoisotopic (exact) mass is 474 g/mol. The summed E-state index contributed by atoms with van der Waals surface area (Å²) in [7, 11) is 0. The molecule has 1 amide bonds. The summed E-state index contributed by atoms with van der Waals surface area (Å²) in [6.45, 7) is 11.3. The Kier molecular flexibility index (Phi) is 6.71. The van der Waals surface area contributed by atoms with Crippen LogP contribution < -0.4 is 5.32 Å². The van der Waals surface area contributed by atoms with Crippen molar-refractivity contribution in [2.75, 3.05) is 38.0 Å². The predicted octanol–water partition coefficient (Wildman–Crippen LogP) is 4.24. The number of nitrogens with zero attached hydrogens (tertiary/aromatic N) is 5. The van der Waals surface area contributed by atoms with E-state index in [4.69, 9.17) is 0 Å². The van der Waals surface area contributed by atoms with Crippen molar-refractivity contribution in [3.05, 3.63) is 75.7 Å². The molecule has 4 heterocycles. The zero-order valence-electron chi connectivity index (χ0n) is 19.7. The quantitative estimate of drug-likeness (QED) is 0.434. The summed E-state index contributed by atoms with van der Waals surface area (Å²) in [5.74, 6) is -0.144. The molecule has 0 bridgehead atoms. The molecular weight excluding hydrogens is 444 g/mol. The average Bonchev–Trinajstić information content (AvgIpc) is 3.51. The smallest absolute Gasteiger partial charge is 0.256 e. The van der Waals surface area contributed by atoms with Crippen LogP contribution in [0.15, 0.2) is 54.0 Å². The summed E-state index contributed by atoms with van der Waals surface area (Å²) in [6.07, 6.45) is 1.74. The number of hydrogen-bond donors (Lipinski definition) is 1. The molecule has 1 N–H and O–H groups in total. The van der Waals surface area contributed by atoms with E-state index in [9.17, 15) is 4.79 Å². The largest absolute Gasteiger partial charge is 0.322 e. The van der Waals surface area contributed by atoms with Crippen molar-refractivity contribution in [3.8, 4) is 0 Å². The Morgan fingerprint density at radius 2 is 1.82 bits per heavy atom. The lowest BCUT2D eigenvalue weighted by Gasteiger charge is -2.34. The minimum absolute atomic E-state index is 0.144. The number of aryl methyl sites for hydroxylation is 1. The molecule has 1 aromatic carbocycles. The van der Waals surface area contributed by atoms with Gasteiger partial charge in [0.15, 0.2) is 5.65 Å². The number of rotatable bonds is 7. The lowest BCUT2D eigenvalue weighted by molar-refractivity contribution is 0.102. The number of piperazine rings is 1. The minimum Gasteiger partial charge on any atom is -0.322 e. The van der Waals surface area contributed by atoms with Crippen LogP contribution in [0, 0.1) is 6.92 Å². The maximum absolute atomic E-state index is 13.2. The van der Waals surface area contributed by atoms with E-state index in [2.05, 4.69) is 55.7 Å². The zero-order chi connectivity index (χ0) is 23.5. The fourth-order valence-electron chi connectivity index (χ4n) is 4.44. The molecule has 1 aliphatic heterocycles. The molecule has 176 valence electrons. The fraction of sp³-hybridized carbons (Fsp3) is 0.346. The Labute approximate surface area is 204 Å². The van der Waals surface area contributed by atoms with E-state index >= 15 is 0 Å². The molecule has 8 heteroatoms. The maximum atomic E-state index is 13.2. The van der Waals surface area contributed by atoms with Crippen LogP contribution in [0.4, 0.5) is 5.69 Å². The molecule has 0 radical (unpaired) electrons. The molecule has 0 atom stereocenters. The first-order valence-electron chi connectivity index (χ1n) is 11.8. The standard InChI is InChI=1S/C26H30N6OS/c1-3-30-10-12-31(13-11-30)17-20-6-8-21(9-7-20)29-26(33)23-15-19(2)28-25-24(23)16-27-32(25)18-22-5-4-14-34-22/h4-9,14-16H,3,10-13,17-18H2,1-2H3,(H,29,33). The SMILES string of the molecule is CCN1CCN(Cc2ccc(NC(=O)c3cc(C)nc4c3cnn4Cc3cccs3)cc2)CC1. The van der Waals surface area contributed by atoms with E-state index in [1.54, 1.807) is 17.5 Å². The Bertz CT molecular complexity index is 1260. The Morgan fingerprint density at radius 1 is 1.06 bits per heavy atom. The number of carbonyl (C=O) groups excluding carboxylic acids is 1. The summed E-state index contributed by atoms with van der Waals surface area (Å²) in [5.41, 5.74) is 4.18. The molecule has 0 aliphatic carbocycles. The third kappa shape index (κ3) is 5.04. The second-order valence-corrected chi connectivity index (χ2v) is 9.82. The molecule has 7 nitrogen and oxygen atoms in total. The van der Waals surface area contributed by atoms with Gasteiger partial charge in [0.05, 0.1) is 23.7 Å². The van der Waals surface area contributed by atoms with Crippen molar-refractivity contribution < 1.29 is 4.79 Å². The van der Waals surface area contributed by atoms with Gasteiger partial charge in [-0.2, -0.15) is 5.10 Å². The number of pyridine rings is 1. The predicted molar refractivity (Wildman–Crippen MR) is 137 cm³/mol. The highest BCUT2D eigenvalue weighted by Gasteiger charge is 2.18. The van der Waals surface area contributed by atoms with Crippen LogP contribution in [0.2, 0.25) is 0 Å². The molecule has 1 aliphatic rings. The van der Waals surface area contributed by atoms with Gasteiger partial charge in [-0.3, -0.25) is 9.69 Å². The van der Waals surface area contributed by atoms with Crippen LogP contribution in [0.5, 0.6) is 0 Å². The molecule has 1 saturated heterocycles. The van der Waals surface area contributed by atoms with Crippen molar-refractivity contribution >= 4 is 34.0 Å². The Morgan fingerprint density at radius 3 is 2.53 bits per heavy atom. The van der Waals surface area contributed by atoms with Gasteiger partial charge in [-0.15, -0.1) is 11.3 Å². The van der Waals surface area contributed by atoms with Crippen LogP contribution in [0.1, 0.15) is 33.4 Å². The number of aromatic nitrogens is 3. The van der Waals surface area contributed by atoms with Gasteiger partial charge in [0, 0.05) is 49.0 Å². The van der Waals surface area contributed by atoms with Gasteiger partial charge in [-0.25, -0.2) is 9.67 Å². The molecule has 0 spiro atoms. The molecule has 3 aromatic heterocycles. The second-order valence-electron chi connectivity index (χ2n) is 8.79. The highest BCUT2D eigenvalue weighted by molar-refractivity contribution is 7.09. The van der Waals surface area contributed by atoms with Crippen molar-refractivity contribution in [2.45, 2.75) is 26.9 Å². The van der Waals surface area contributed by atoms with E-state index in [0.29, 0.717) is 12.1 Å². The average molecular weight is 475 g/mol. The number of amides is 1. The van der Waals surface area contributed by atoms with Crippen LogP contribution >= 0.6 is 11.3 Å². The number of thiophene rings is 1. The zero-order valence-corrected chi connectivity index (χ0v) is 20.5. The number of fused-ring (bicyclic) bond motifs is 1. The number of likely N-dealkylation sites (N-methyl/N-ethyl adjacent to an activating group) is 1. The van der Waals surface area contributed by atoms with Gasteiger partial charge in [-0.1, -0.05) is 25.1 Å². The molecule has 0 unspecified atom stereocenters. The fourth-order valence-corrected chi connectivity index (χ4v) is 5.13. The van der Waals surface area contributed by atoms with E-state index in [1.165, 1.54) is 10.4 Å². The Balaban J connectivity index is 1.27. The van der Waals surface area contributed by atoms with E-state index in [1.807, 2.05) is 35.9 Å². The lowest BCUT2D eigenvalue weighted by atomic mass is 10.1. The van der Waals surface area contributed by atoms with Gasteiger partial charge in [-0.05, 0) is 48.7 Å². The number of anilines is 1. The summed E-state index contributed by atoms with van der Waals surface area (Å²) >= 11 is 1.69. The molecular formula is C26H30N6OS. The number of carbonyl (C=O) groups is 1. The topological polar surface area (TPSA) is 66.3 Å². The normalized spacial score (nSPS) is 15.1. The van der Waals surface area contributed by atoms with Gasteiger partial charge in [0.1, 0.15) is 0 Å². The first-order valence-corrected chi connectivity index (χ1v) is 12.7. The van der Waals surface area contributed by atoms with Gasteiger partial charge in [0.2, 0.25) is 0 Å². The number of nitrogens with one attached hydrogen (secondary N) is 1. The van der Waals surface area contributed by atoms with Crippen LogP contribution in [-0.4, -0.2) is 63.2 Å². The summed E-state index contributed by atoms with van der Waals surface area (Å²) in [6, 6.07) is 14.1. The molecule has 0 saturated carbocycles. The highest BCUT2D eigenvalue weighted by atomic mass is 32.1. The summed E-state index contributed by atoms with van der Waals surface area (Å²) in [5, 5.41) is 10.4. The van der Waals surface area contributed by atoms with Crippen LogP contribution in [-0.2, 0) is 13.1 Å². The van der Waals surface area contributed by atoms with E-state index in [-0.39, 0.29) is 5.91 Å². The maximum Gasteiger partial charge on any atom is 0.256 e. The van der Waals surface area contributed by atoms with Gasteiger partial charge in [0.25, 0.3) is 5.91 Å². The second kappa shape index (κ2) is 10.0. The van der Waals surface area contributed by atoms with Crippen molar-refractivity contribution in [1.29, 1.82) is 0 Å². The van der Waals surface area contributed by atoms with E-state index < -0.39 is 0 Å². The van der Waals surface area contributed by atoms with Crippen molar-refractivity contribution in [3.63, 3.8) is 0 Å². The molecule has 34 heavy (non-hydrogen) atoms. The molecule has 4 aromatic rings. The van der Waals surface area contributed by atoms with Crippen molar-refractivity contribution in [1.82, 2.24) is 24.6 Å².